The van der Waals surface area contributed by atoms with E-state index in [9.17, 15) is 0 Å². The van der Waals surface area contributed by atoms with Gasteiger partial charge in [0.1, 0.15) is 0 Å². The zero-order valence-corrected chi connectivity index (χ0v) is 8.61. The van der Waals surface area contributed by atoms with E-state index in [0.29, 0.717) is 6.54 Å². The molecule has 0 aliphatic heterocycles. The quantitative estimate of drug-likeness (QED) is 0.721. The molecule has 0 aliphatic rings. The summed E-state index contributed by atoms with van der Waals surface area (Å²) in [5, 5.41) is 0. The Balaban J connectivity index is 2.98. The number of hydrogen-bond donors (Lipinski definition) is 1. The van der Waals surface area contributed by atoms with Gasteiger partial charge in [0.05, 0.1) is 0 Å². The van der Waals surface area contributed by atoms with Crippen LogP contribution in [0, 0.1) is 0 Å². The van der Waals surface area contributed by atoms with Crippen molar-refractivity contribution in [2.45, 2.75) is 12.8 Å². The SMILES string of the molecule is C=C/C(=C\C)C(CN)c1ccccc1. The molecule has 0 aromatic heterocycles. The van der Waals surface area contributed by atoms with Gasteiger partial charge in [-0.2, -0.15) is 0 Å². The van der Waals surface area contributed by atoms with E-state index in [1.807, 2.05) is 31.2 Å². The molecular weight excluding hydrogens is 170 g/mol. The molecule has 1 aromatic rings. The van der Waals surface area contributed by atoms with Gasteiger partial charge in [0, 0.05) is 12.5 Å². The van der Waals surface area contributed by atoms with E-state index in [2.05, 4.69) is 24.8 Å². The van der Waals surface area contributed by atoms with E-state index in [1.165, 1.54) is 11.1 Å². The van der Waals surface area contributed by atoms with Gasteiger partial charge in [0.25, 0.3) is 0 Å². The zero-order chi connectivity index (χ0) is 10.4. The van der Waals surface area contributed by atoms with Crippen molar-refractivity contribution in [2.24, 2.45) is 5.73 Å². The van der Waals surface area contributed by atoms with Gasteiger partial charge >= 0.3 is 0 Å². The summed E-state index contributed by atoms with van der Waals surface area (Å²) < 4.78 is 0. The van der Waals surface area contributed by atoms with Crippen LogP contribution in [-0.2, 0) is 0 Å². The van der Waals surface area contributed by atoms with Gasteiger partial charge in [0.2, 0.25) is 0 Å². The molecule has 14 heavy (non-hydrogen) atoms. The largest absolute Gasteiger partial charge is 0.330 e. The predicted octanol–water partition coefficient (Wildman–Crippen LogP) is 2.86. The smallest absolute Gasteiger partial charge is 0.0209 e. The molecule has 1 nitrogen and oxygen atoms in total. The normalized spacial score (nSPS) is 13.7. The molecular formula is C13H17N. The average molecular weight is 187 g/mol. The molecule has 0 spiro atoms. The van der Waals surface area contributed by atoms with Crippen LogP contribution in [0.4, 0.5) is 0 Å². The minimum absolute atomic E-state index is 0.277. The number of allylic oxidation sites excluding steroid dienone is 2. The van der Waals surface area contributed by atoms with Gasteiger partial charge < -0.3 is 5.73 Å². The van der Waals surface area contributed by atoms with Gasteiger partial charge in [-0.05, 0) is 18.1 Å². The maximum atomic E-state index is 5.77. The lowest BCUT2D eigenvalue weighted by Gasteiger charge is -2.16. The molecule has 0 aliphatic carbocycles. The molecule has 1 aromatic carbocycles. The highest BCUT2D eigenvalue weighted by Gasteiger charge is 2.10. The van der Waals surface area contributed by atoms with Gasteiger partial charge in [-0.3, -0.25) is 0 Å². The monoisotopic (exact) mass is 187 g/mol. The molecule has 74 valence electrons. The molecule has 0 saturated heterocycles. The summed E-state index contributed by atoms with van der Waals surface area (Å²) in [5.41, 5.74) is 8.21. The Morgan fingerprint density at radius 3 is 2.50 bits per heavy atom. The molecule has 0 heterocycles. The molecule has 1 rings (SSSR count). The summed E-state index contributed by atoms with van der Waals surface area (Å²) in [6.45, 7) is 6.44. The topological polar surface area (TPSA) is 26.0 Å². The molecule has 0 radical (unpaired) electrons. The molecule has 1 unspecified atom stereocenters. The Hall–Kier alpha value is -1.34. The molecule has 0 fully saturated rings. The van der Waals surface area contributed by atoms with Crippen LogP contribution in [0.25, 0.3) is 0 Å². The fraction of sp³-hybridized carbons (Fsp3) is 0.231. The molecule has 2 N–H and O–H groups in total. The third kappa shape index (κ3) is 2.33. The standard InChI is InChI=1S/C13H17N/c1-3-11(4-2)13(10-14)12-8-6-5-7-9-12/h3-9,13H,1,10,14H2,2H3/b11-4+. The van der Waals surface area contributed by atoms with Crippen molar-refractivity contribution in [3.05, 3.63) is 60.2 Å². The Labute approximate surface area is 85.9 Å². The lowest BCUT2D eigenvalue weighted by atomic mass is 9.91. The second-order valence-electron chi connectivity index (χ2n) is 3.19. The van der Waals surface area contributed by atoms with Crippen LogP contribution in [-0.4, -0.2) is 6.54 Å². The van der Waals surface area contributed by atoms with E-state index in [1.54, 1.807) is 0 Å². The van der Waals surface area contributed by atoms with Crippen LogP contribution in [0.5, 0.6) is 0 Å². The second kappa shape index (κ2) is 5.40. The summed E-state index contributed by atoms with van der Waals surface area (Å²) in [5.74, 6) is 0.277. The fourth-order valence-electron chi connectivity index (χ4n) is 1.61. The van der Waals surface area contributed by atoms with Gasteiger partial charge in [-0.15, -0.1) is 0 Å². The Morgan fingerprint density at radius 2 is 2.07 bits per heavy atom. The first-order valence-electron chi connectivity index (χ1n) is 4.87. The van der Waals surface area contributed by atoms with Crippen LogP contribution < -0.4 is 5.73 Å². The van der Waals surface area contributed by atoms with E-state index < -0.39 is 0 Å². The summed E-state index contributed by atoms with van der Waals surface area (Å²) in [6.07, 6.45) is 3.95. The lowest BCUT2D eigenvalue weighted by Crippen LogP contribution is -2.13. The van der Waals surface area contributed by atoms with Crippen molar-refractivity contribution < 1.29 is 0 Å². The lowest BCUT2D eigenvalue weighted by molar-refractivity contribution is 0.817. The Bertz CT molecular complexity index is 311. The Morgan fingerprint density at radius 1 is 1.43 bits per heavy atom. The van der Waals surface area contributed by atoms with Crippen molar-refractivity contribution in [1.29, 1.82) is 0 Å². The minimum atomic E-state index is 0.277. The fourth-order valence-corrected chi connectivity index (χ4v) is 1.61. The van der Waals surface area contributed by atoms with Crippen molar-refractivity contribution in [3.8, 4) is 0 Å². The first-order valence-corrected chi connectivity index (χ1v) is 4.87. The first kappa shape index (κ1) is 10.7. The minimum Gasteiger partial charge on any atom is -0.330 e. The molecule has 1 atom stereocenters. The Kier molecular flexibility index (Phi) is 4.14. The second-order valence-corrected chi connectivity index (χ2v) is 3.19. The highest BCUT2D eigenvalue weighted by molar-refractivity contribution is 5.34. The maximum absolute atomic E-state index is 5.77. The van der Waals surface area contributed by atoms with Gasteiger partial charge in [0.15, 0.2) is 0 Å². The third-order valence-corrected chi connectivity index (χ3v) is 2.41. The van der Waals surface area contributed by atoms with Crippen LogP contribution in [0.2, 0.25) is 0 Å². The van der Waals surface area contributed by atoms with E-state index >= 15 is 0 Å². The number of hydrogen-bond acceptors (Lipinski definition) is 1. The van der Waals surface area contributed by atoms with Gasteiger partial charge in [-0.25, -0.2) is 0 Å². The average Bonchev–Trinajstić information content (AvgIpc) is 2.27. The van der Waals surface area contributed by atoms with Crippen molar-refractivity contribution in [2.75, 3.05) is 6.54 Å². The number of rotatable bonds is 4. The van der Waals surface area contributed by atoms with Crippen molar-refractivity contribution in [3.63, 3.8) is 0 Å². The molecule has 0 bridgehead atoms. The van der Waals surface area contributed by atoms with Gasteiger partial charge in [-0.1, -0.05) is 49.1 Å². The molecule has 0 amide bonds. The van der Waals surface area contributed by atoms with Crippen LogP contribution >= 0.6 is 0 Å². The highest BCUT2D eigenvalue weighted by Crippen LogP contribution is 2.23. The zero-order valence-electron chi connectivity index (χ0n) is 8.61. The first-order chi connectivity index (χ1) is 6.83. The molecule has 1 heteroatoms. The van der Waals surface area contributed by atoms with E-state index in [0.717, 1.165) is 0 Å². The maximum Gasteiger partial charge on any atom is 0.0209 e. The van der Waals surface area contributed by atoms with E-state index in [4.69, 9.17) is 5.73 Å². The number of benzene rings is 1. The van der Waals surface area contributed by atoms with Crippen LogP contribution in [0.1, 0.15) is 18.4 Å². The third-order valence-electron chi connectivity index (χ3n) is 2.41. The van der Waals surface area contributed by atoms with Crippen molar-refractivity contribution in [1.82, 2.24) is 0 Å². The summed E-state index contributed by atoms with van der Waals surface area (Å²) in [7, 11) is 0. The molecule has 0 saturated carbocycles. The van der Waals surface area contributed by atoms with Crippen LogP contribution in [0.15, 0.2) is 54.6 Å². The highest BCUT2D eigenvalue weighted by atomic mass is 14.5. The number of nitrogens with two attached hydrogens (primary N) is 1. The summed E-state index contributed by atoms with van der Waals surface area (Å²) in [4.78, 5) is 0. The predicted molar refractivity (Wildman–Crippen MR) is 62.2 cm³/mol. The van der Waals surface area contributed by atoms with Crippen LogP contribution in [0.3, 0.4) is 0 Å². The van der Waals surface area contributed by atoms with Crippen molar-refractivity contribution >= 4 is 0 Å². The summed E-state index contributed by atoms with van der Waals surface area (Å²) >= 11 is 0. The van der Waals surface area contributed by atoms with E-state index in [-0.39, 0.29) is 5.92 Å². The summed E-state index contributed by atoms with van der Waals surface area (Å²) in [6, 6.07) is 10.3.